The van der Waals surface area contributed by atoms with Crippen LogP contribution in [0.5, 0.6) is 5.75 Å². The van der Waals surface area contributed by atoms with Gasteiger partial charge in [0.05, 0.1) is 0 Å². The number of carbonyl (C=O) groups is 1. The van der Waals surface area contributed by atoms with E-state index >= 15 is 0 Å². The molecule has 2 atom stereocenters. The van der Waals surface area contributed by atoms with Crippen LogP contribution < -0.4 is 15.8 Å². The van der Waals surface area contributed by atoms with Crippen molar-refractivity contribution in [1.29, 1.82) is 0 Å². The number of halogens is 4. The lowest BCUT2D eigenvalue weighted by Gasteiger charge is -2.25. The van der Waals surface area contributed by atoms with Crippen LogP contribution in [0.15, 0.2) is 24.3 Å². The Kier molecular flexibility index (Phi) is 6.49. The third-order valence-corrected chi connectivity index (χ3v) is 3.44. The van der Waals surface area contributed by atoms with Gasteiger partial charge in [-0.1, -0.05) is 6.42 Å². The van der Waals surface area contributed by atoms with Crippen LogP contribution in [0.1, 0.15) is 25.7 Å². The molecule has 1 aliphatic carbocycles. The highest BCUT2D eigenvalue weighted by Gasteiger charge is 2.31. The number of amides is 1. The molecule has 124 valence electrons. The maximum atomic E-state index is 12.0. The van der Waals surface area contributed by atoms with E-state index < -0.39 is 6.36 Å². The third kappa shape index (κ3) is 5.73. The van der Waals surface area contributed by atoms with Gasteiger partial charge in [0.1, 0.15) is 5.75 Å². The van der Waals surface area contributed by atoms with E-state index in [0.717, 1.165) is 31.4 Å². The summed E-state index contributed by atoms with van der Waals surface area (Å²) in [6.45, 7) is 0. The van der Waals surface area contributed by atoms with E-state index in [9.17, 15) is 18.0 Å². The van der Waals surface area contributed by atoms with Gasteiger partial charge in [-0.05, 0) is 43.5 Å². The second kappa shape index (κ2) is 7.69. The van der Waals surface area contributed by atoms with Crippen LogP contribution in [0, 0.1) is 5.92 Å². The van der Waals surface area contributed by atoms with Crippen molar-refractivity contribution >= 4 is 24.0 Å². The number of ether oxygens (including phenoxy) is 1. The molecule has 1 aromatic rings. The maximum absolute atomic E-state index is 12.0. The van der Waals surface area contributed by atoms with Crippen molar-refractivity contribution in [3.05, 3.63) is 24.3 Å². The zero-order chi connectivity index (χ0) is 15.5. The van der Waals surface area contributed by atoms with Crippen LogP contribution in [-0.2, 0) is 4.79 Å². The van der Waals surface area contributed by atoms with Crippen LogP contribution in [0.25, 0.3) is 0 Å². The van der Waals surface area contributed by atoms with Crippen molar-refractivity contribution in [2.24, 2.45) is 11.7 Å². The SMILES string of the molecule is Cl.NC1CCCC(C(=O)Nc2ccc(OC(F)(F)F)cc2)C1. The van der Waals surface area contributed by atoms with Gasteiger partial charge in [0.25, 0.3) is 0 Å². The van der Waals surface area contributed by atoms with Crippen molar-refractivity contribution in [1.82, 2.24) is 0 Å². The first kappa shape index (κ1) is 18.6. The summed E-state index contributed by atoms with van der Waals surface area (Å²) in [4.78, 5) is 12.0. The summed E-state index contributed by atoms with van der Waals surface area (Å²) in [6, 6.07) is 5.12. The minimum Gasteiger partial charge on any atom is -0.406 e. The molecule has 22 heavy (non-hydrogen) atoms. The van der Waals surface area contributed by atoms with Crippen LogP contribution in [0.4, 0.5) is 18.9 Å². The lowest BCUT2D eigenvalue weighted by atomic mass is 9.85. The zero-order valence-electron chi connectivity index (χ0n) is 11.7. The predicted octanol–water partition coefficient (Wildman–Crippen LogP) is 3.46. The third-order valence-electron chi connectivity index (χ3n) is 3.44. The van der Waals surface area contributed by atoms with E-state index in [1.54, 1.807) is 0 Å². The number of alkyl halides is 3. The number of carbonyl (C=O) groups excluding carboxylic acids is 1. The Hall–Kier alpha value is -1.47. The Labute approximate surface area is 132 Å². The van der Waals surface area contributed by atoms with Gasteiger partial charge in [0, 0.05) is 17.6 Å². The average molecular weight is 339 g/mol. The second-order valence-corrected chi connectivity index (χ2v) is 5.19. The molecular formula is C14H18ClF3N2O2. The first-order valence-corrected chi connectivity index (χ1v) is 6.76. The van der Waals surface area contributed by atoms with Gasteiger partial charge >= 0.3 is 6.36 Å². The number of rotatable bonds is 3. The largest absolute Gasteiger partial charge is 0.573 e. The van der Waals surface area contributed by atoms with Crippen molar-refractivity contribution in [3.8, 4) is 5.75 Å². The minimum absolute atomic E-state index is 0. The van der Waals surface area contributed by atoms with E-state index in [0.29, 0.717) is 12.1 Å². The monoisotopic (exact) mass is 338 g/mol. The Morgan fingerprint density at radius 3 is 2.41 bits per heavy atom. The molecule has 1 saturated carbocycles. The summed E-state index contributed by atoms with van der Waals surface area (Å²) < 4.78 is 39.8. The van der Waals surface area contributed by atoms with Crippen LogP contribution in [0.2, 0.25) is 0 Å². The van der Waals surface area contributed by atoms with Crippen molar-refractivity contribution in [2.45, 2.75) is 38.1 Å². The molecule has 2 unspecified atom stereocenters. The van der Waals surface area contributed by atoms with Gasteiger partial charge < -0.3 is 15.8 Å². The standard InChI is InChI=1S/C14H17F3N2O2.ClH/c15-14(16,17)21-12-6-4-11(5-7-12)19-13(20)9-2-1-3-10(18)8-9;/h4-7,9-10H,1-3,8,18H2,(H,19,20);1H. The summed E-state index contributed by atoms with van der Waals surface area (Å²) in [6.07, 6.45) is -1.45. The molecular weight excluding hydrogens is 321 g/mol. The number of nitrogens with one attached hydrogen (secondary N) is 1. The first-order valence-electron chi connectivity index (χ1n) is 6.76. The molecule has 0 bridgehead atoms. The molecule has 0 saturated heterocycles. The van der Waals surface area contributed by atoms with Crippen LogP contribution in [-0.4, -0.2) is 18.3 Å². The summed E-state index contributed by atoms with van der Waals surface area (Å²) in [5, 5.41) is 2.69. The van der Waals surface area contributed by atoms with Gasteiger partial charge in [0.2, 0.25) is 5.91 Å². The number of benzene rings is 1. The molecule has 1 aromatic carbocycles. The van der Waals surface area contributed by atoms with Gasteiger partial charge in [-0.3, -0.25) is 4.79 Å². The van der Waals surface area contributed by atoms with Crippen LogP contribution >= 0.6 is 12.4 Å². The summed E-state index contributed by atoms with van der Waals surface area (Å²) >= 11 is 0. The quantitative estimate of drug-likeness (QED) is 0.887. The zero-order valence-corrected chi connectivity index (χ0v) is 12.5. The molecule has 0 spiro atoms. The van der Waals surface area contributed by atoms with E-state index in [1.807, 2.05) is 0 Å². The normalized spacial score (nSPS) is 21.6. The molecule has 1 amide bonds. The summed E-state index contributed by atoms with van der Waals surface area (Å²) in [5.74, 6) is -0.602. The molecule has 0 aromatic heterocycles. The molecule has 1 aliphatic rings. The van der Waals surface area contributed by atoms with Gasteiger partial charge in [-0.2, -0.15) is 0 Å². The highest BCUT2D eigenvalue weighted by Crippen LogP contribution is 2.26. The van der Waals surface area contributed by atoms with E-state index in [-0.39, 0.29) is 36.0 Å². The maximum Gasteiger partial charge on any atom is 0.573 e. The highest BCUT2D eigenvalue weighted by atomic mass is 35.5. The smallest absolute Gasteiger partial charge is 0.406 e. The highest BCUT2D eigenvalue weighted by molar-refractivity contribution is 5.92. The Balaban J connectivity index is 0.00000242. The molecule has 0 aliphatic heterocycles. The number of hydrogen-bond donors (Lipinski definition) is 2. The average Bonchev–Trinajstić information content (AvgIpc) is 2.39. The van der Waals surface area contributed by atoms with Gasteiger partial charge in [-0.25, -0.2) is 0 Å². The molecule has 8 heteroatoms. The van der Waals surface area contributed by atoms with Crippen molar-refractivity contribution < 1.29 is 22.7 Å². The van der Waals surface area contributed by atoms with Crippen molar-refractivity contribution in [3.63, 3.8) is 0 Å². The Bertz CT molecular complexity index is 494. The van der Waals surface area contributed by atoms with E-state index in [2.05, 4.69) is 10.1 Å². The predicted molar refractivity (Wildman–Crippen MR) is 78.9 cm³/mol. The van der Waals surface area contributed by atoms with E-state index in [4.69, 9.17) is 5.73 Å². The fourth-order valence-electron chi connectivity index (χ4n) is 2.45. The molecule has 0 heterocycles. The fourth-order valence-corrected chi connectivity index (χ4v) is 2.45. The van der Waals surface area contributed by atoms with E-state index in [1.165, 1.54) is 12.1 Å². The topological polar surface area (TPSA) is 64.4 Å². The lowest BCUT2D eigenvalue weighted by molar-refractivity contribution is -0.274. The van der Waals surface area contributed by atoms with Crippen molar-refractivity contribution in [2.75, 3.05) is 5.32 Å². The molecule has 3 N–H and O–H groups in total. The molecule has 0 radical (unpaired) electrons. The molecule has 1 fully saturated rings. The molecule has 2 rings (SSSR count). The lowest BCUT2D eigenvalue weighted by Crippen LogP contribution is -2.34. The number of nitrogens with two attached hydrogens (primary N) is 1. The molecule has 4 nitrogen and oxygen atoms in total. The van der Waals surface area contributed by atoms with Crippen LogP contribution in [0.3, 0.4) is 0 Å². The number of hydrogen-bond acceptors (Lipinski definition) is 3. The van der Waals surface area contributed by atoms with Gasteiger partial charge in [0.15, 0.2) is 0 Å². The fraction of sp³-hybridized carbons (Fsp3) is 0.500. The summed E-state index contributed by atoms with van der Waals surface area (Å²) in [5.41, 5.74) is 6.27. The Morgan fingerprint density at radius 2 is 1.86 bits per heavy atom. The first-order chi connectivity index (χ1) is 9.83. The van der Waals surface area contributed by atoms with Gasteiger partial charge in [-0.15, -0.1) is 25.6 Å². The second-order valence-electron chi connectivity index (χ2n) is 5.19. The summed E-state index contributed by atoms with van der Waals surface area (Å²) in [7, 11) is 0. The Morgan fingerprint density at radius 1 is 1.23 bits per heavy atom. The number of anilines is 1. The minimum atomic E-state index is -4.72.